The van der Waals surface area contributed by atoms with Crippen LogP contribution in [0.15, 0.2) is 24.4 Å². The molecule has 3 aromatic rings. The van der Waals surface area contributed by atoms with Gasteiger partial charge in [-0.25, -0.2) is 9.37 Å². The van der Waals surface area contributed by atoms with Gasteiger partial charge in [-0.05, 0) is 26.0 Å². The van der Waals surface area contributed by atoms with E-state index in [1.165, 1.54) is 29.7 Å². The predicted molar refractivity (Wildman–Crippen MR) is 115 cm³/mol. The molecule has 0 saturated carbocycles. The van der Waals surface area contributed by atoms with Crippen molar-refractivity contribution < 1.29 is 19.0 Å². The molecule has 0 aliphatic rings. The average molecular weight is 464 g/mol. The maximum absolute atomic E-state index is 14.5. The van der Waals surface area contributed by atoms with E-state index in [1.807, 2.05) is 13.8 Å². The standard InChI is InChI=1S/C20H19ClFN5O3S/c1-10(2)30-18-11(6-23)3-12(7-25-18)19-26-27-20(31-19)14-4-16(22)17(5-15(14)21)29-9-13(24)8-28/h3-5,7,10,13,28H,8-9,24H2,1-2H3. The smallest absolute Gasteiger partial charge is 0.231 e. The van der Waals surface area contributed by atoms with Crippen molar-refractivity contribution in [2.45, 2.75) is 26.0 Å². The maximum atomic E-state index is 14.5. The van der Waals surface area contributed by atoms with Crippen molar-refractivity contribution in [3.05, 3.63) is 40.8 Å². The van der Waals surface area contributed by atoms with Gasteiger partial charge in [0.15, 0.2) is 11.6 Å². The van der Waals surface area contributed by atoms with E-state index < -0.39 is 11.9 Å². The average Bonchev–Trinajstić information content (AvgIpc) is 3.23. The molecule has 0 bridgehead atoms. The van der Waals surface area contributed by atoms with Gasteiger partial charge in [0.1, 0.15) is 28.3 Å². The molecule has 3 N–H and O–H groups in total. The molecule has 3 rings (SSSR count). The van der Waals surface area contributed by atoms with Gasteiger partial charge in [0.05, 0.1) is 23.8 Å². The Morgan fingerprint density at radius 2 is 2.03 bits per heavy atom. The summed E-state index contributed by atoms with van der Waals surface area (Å²) in [4.78, 5) is 4.20. The predicted octanol–water partition coefficient (Wildman–Crippen LogP) is 3.42. The summed E-state index contributed by atoms with van der Waals surface area (Å²) in [6.45, 7) is 3.34. The zero-order chi connectivity index (χ0) is 22.5. The summed E-state index contributed by atoms with van der Waals surface area (Å²) >= 11 is 7.47. The molecule has 0 saturated heterocycles. The normalized spacial score (nSPS) is 11.9. The lowest BCUT2D eigenvalue weighted by molar-refractivity contribution is 0.202. The van der Waals surface area contributed by atoms with Gasteiger partial charge in [-0.3, -0.25) is 0 Å². The molecule has 0 fully saturated rings. The Labute approximate surface area is 187 Å². The fourth-order valence-corrected chi connectivity index (χ4v) is 3.62. The summed E-state index contributed by atoms with van der Waals surface area (Å²) in [5.74, 6) is -0.483. The number of rotatable bonds is 8. The lowest BCUT2D eigenvalue weighted by Crippen LogP contribution is -2.31. The maximum Gasteiger partial charge on any atom is 0.231 e. The van der Waals surface area contributed by atoms with Gasteiger partial charge >= 0.3 is 0 Å². The highest BCUT2D eigenvalue weighted by atomic mass is 35.5. The summed E-state index contributed by atoms with van der Waals surface area (Å²) in [6, 6.07) is 5.56. The molecule has 0 aliphatic heterocycles. The number of ether oxygens (including phenoxy) is 2. The third-order valence-electron chi connectivity index (χ3n) is 3.93. The quantitative estimate of drug-likeness (QED) is 0.520. The molecule has 31 heavy (non-hydrogen) atoms. The second-order valence-corrected chi connectivity index (χ2v) is 8.17. The number of nitrogens with zero attached hydrogens (tertiary/aromatic N) is 4. The minimum Gasteiger partial charge on any atom is -0.489 e. The van der Waals surface area contributed by atoms with Gasteiger partial charge in [0.25, 0.3) is 0 Å². The van der Waals surface area contributed by atoms with E-state index in [0.717, 1.165) is 0 Å². The van der Waals surface area contributed by atoms with Crippen LogP contribution >= 0.6 is 22.9 Å². The Bertz CT molecular complexity index is 1120. The highest BCUT2D eigenvalue weighted by Gasteiger charge is 2.18. The topological polar surface area (TPSA) is 127 Å². The molecule has 0 amide bonds. The van der Waals surface area contributed by atoms with Crippen LogP contribution < -0.4 is 15.2 Å². The van der Waals surface area contributed by atoms with Gasteiger partial charge < -0.3 is 20.3 Å². The highest BCUT2D eigenvalue weighted by Crippen LogP contribution is 2.37. The third-order valence-corrected chi connectivity index (χ3v) is 5.25. The SMILES string of the molecule is CC(C)Oc1ncc(-c2nnc(-c3cc(F)c(OCC(N)CO)cc3Cl)s2)cc1C#N. The number of benzene rings is 1. The number of pyridine rings is 1. The Hall–Kier alpha value is -2.84. The van der Waals surface area contributed by atoms with Crippen molar-refractivity contribution >= 4 is 22.9 Å². The first-order valence-corrected chi connectivity index (χ1v) is 10.4. The minimum atomic E-state index is -0.648. The van der Waals surface area contributed by atoms with Crippen LogP contribution in [0, 0.1) is 17.1 Å². The van der Waals surface area contributed by atoms with Crippen molar-refractivity contribution in [2.24, 2.45) is 5.73 Å². The fraction of sp³-hybridized carbons (Fsp3) is 0.300. The molecule has 0 aliphatic carbocycles. The second-order valence-electron chi connectivity index (χ2n) is 6.78. The number of aliphatic hydroxyl groups excluding tert-OH is 1. The van der Waals surface area contributed by atoms with Gasteiger partial charge in [-0.2, -0.15) is 5.26 Å². The molecule has 1 aromatic carbocycles. The van der Waals surface area contributed by atoms with Crippen LogP contribution in [0.4, 0.5) is 4.39 Å². The van der Waals surface area contributed by atoms with E-state index in [1.54, 1.807) is 6.07 Å². The third kappa shape index (κ3) is 5.45. The zero-order valence-electron chi connectivity index (χ0n) is 16.7. The van der Waals surface area contributed by atoms with Crippen LogP contribution in [0.2, 0.25) is 5.02 Å². The lowest BCUT2D eigenvalue weighted by atomic mass is 10.2. The summed E-state index contributed by atoms with van der Waals surface area (Å²) in [7, 11) is 0. The van der Waals surface area contributed by atoms with Crippen molar-refractivity contribution in [1.29, 1.82) is 5.26 Å². The summed E-state index contributed by atoms with van der Waals surface area (Å²) in [5, 5.41) is 27.6. The van der Waals surface area contributed by atoms with Crippen LogP contribution in [0.3, 0.4) is 0 Å². The molecule has 0 radical (unpaired) electrons. The van der Waals surface area contributed by atoms with Gasteiger partial charge in [0.2, 0.25) is 5.88 Å². The van der Waals surface area contributed by atoms with Crippen LogP contribution in [0.1, 0.15) is 19.4 Å². The zero-order valence-corrected chi connectivity index (χ0v) is 18.2. The summed E-state index contributed by atoms with van der Waals surface area (Å²) in [5.41, 5.74) is 6.75. The number of hydrogen-bond donors (Lipinski definition) is 2. The monoisotopic (exact) mass is 463 g/mol. The van der Waals surface area contributed by atoms with E-state index in [4.69, 9.17) is 31.9 Å². The highest BCUT2D eigenvalue weighted by molar-refractivity contribution is 7.18. The van der Waals surface area contributed by atoms with E-state index in [2.05, 4.69) is 21.3 Å². The number of aliphatic hydroxyl groups is 1. The minimum absolute atomic E-state index is 0.0587. The number of aromatic nitrogens is 3. The van der Waals surface area contributed by atoms with Crippen LogP contribution in [0.5, 0.6) is 11.6 Å². The van der Waals surface area contributed by atoms with Crippen molar-refractivity contribution in [2.75, 3.05) is 13.2 Å². The van der Waals surface area contributed by atoms with Gasteiger partial charge in [-0.1, -0.05) is 22.9 Å². The first-order chi connectivity index (χ1) is 14.8. The van der Waals surface area contributed by atoms with E-state index in [9.17, 15) is 9.65 Å². The molecule has 11 heteroatoms. The van der Waals surface area contributed by atoms with E-state index >= 15 is 0 Å². The molecular weight excluding hydrogens is 445 g/mol. The van der Waals surface area contributed by atoms with Gasteiger partial charge in [0, 0.05) is 23.4 Å². The molecule has 2 heterocycles. The molecular formula is C20H19ClFN5O3S. The first-order valence-electron chi connectivity index (χ1n) is 9.21. The fourth-order valence-electron chi connectivity index (χ4n) is 2.47. The molecule has 8 nitrogen and oxygen atoms in total. The van der Waals surface area contributed by atoms with Crippen molar-refractivity contribution in [3.8, 4) is 38.8 Å². The lowest BCUT2D eigenvalue weighted by Gasteiger charge is -2.12. The Morgan fingerprint density at radius 1 is 1.29 bits per heavy atom. The van der Waals surface area contributed by atoms with E-state index in [-0.39, 0.29) is 41.5 Å². The number of nitrogens with two attached hydrogens (primary N) is 1. The number of halogens is 2. The molecule has 0 spiro atoms. The Kier molecular flexibility index (Phi) is 7.35. The molecule has 162 valence electrons. The molecule has 1 atom stereocenters. The Morgan fingerprint density at radius 3 is 2.71 bits per heavy atom. The number of hydrogen-bond acceptors (Lipinski definition) is 9. The second kappa shape index (κ2) is 9.98. The van der Waals surface area contributed by atoms with Crippen molar-refractivity contribution in [1.82, 2.24) is 15.2 Å². The van der Waals surface area contributed by atoms with E-state index in [0.29, 0.717) is 21.1 Å². The summed E-state index contributed by atoms with van der Waals surface area (Å²) in [6.07, 6.45) is 1.41. The number of nitriles is 1. The Balaban J connectivity index is 1.87. The van der Waals surface area contributed by atoms with Crippen molar-refractivity contribution in [3.63, 3.8) is 0 Å². The largest absolute Gasteiger partial charge is 0.489 e. The molecule has 1 unspecified atom stereocenters. The summed E-state index contributed by atoms with van der Waals surface area (Å²) < 4.78 is 25.3. The van der Waals surface area contributed by atoms with Crippen LogP contribution in [0.25, 0.3) is 21.1 Å². The van der Waals surface area contributed by atoms with Crippen LogP contribution in [-0.2, 0) is 0 Å². The first kappa shape index (κ1) is 22.8. The van der Waals surface area contributed by atoms with Gasteiger partial charge in [-0.15, -0.1) is 10.2 Å². The van der Waals surface area contributed by atoms with Crippen LogP contribution in [-0.4, -0.2) is 45.6 Å². The molecule has 2 aromatic heterocycles.